The molecule has 0 amide bonds. The molecule has 0 spiro atoms. The Morgan fingerprint density at radius 3 is 1.83 bits per heavy atom. The van der Waals surface area contributed by atoms with Gasteiger partial charge in [0, 0.05) is 23.2 Å². The first-order chi connectivity index (χ1) is 11.0. The summed E-state index contributed by atoms with van der Waals surface area (Å²) in [6.07, 6.45) is 2.50. The van der Waals surface area contributed by atoms with E-state index in [1.807, 2.05) is 60.7 Å². The number of unbranched alkanes of at least 4 members (excludes halogenated alkanes) is 1. The molecule has 1 unspecified atom stereocenters. The molecule has 0 aliphatic rings. The fourth-order valence-electron chi connectivity index (χ4n) is 2.59. The molecule has 4 N–H and O–H groups in total. The second-order valence-corrected chi connectivity index (χ2v) is 8.62. The maximum Gasteiger partial charge on any atom is 0.362 e. The Balaban J connectivity index is 0.00000288. The van der Waals surface area contributed by atoms with E-state index < -0.39 is 19.2 Å². The predicted octanol–water partition coefficient (Wildman–Crippen LogP) is -1.13. The molecular weight excluding hydrogens is 345 g/mol. The van der Waals surface area contributed by atoms with Crippen LogP contribution in [0.5, 0.6) is 0 Å². The summed E-state index contributed by atoms with van der Waals surface area (Å²) in [5.74, 6) is -0.876. The van der Waals surface area contributed by atoms with E-state index in [1.54, 1.807) is 0 Å². The zero-order chi connectivity index (χ0) is 16.7. The predicted molar refractivity (Wildman–Crippen MR) is 92.8 cm³/mol. The average Bonchev–Trinajstić information content (AvgIpc) is 2.59. The van der Waals surface area contributed by atoms with E-state index >= 15 is 0 Å². The Morgan fingerprint density at radius 1 is 0.958 bits per heavy atom. The Morgan fingerprint density at radius 2 is 1.42 bits per heavy atom. The standard InChI is InChI=1S/C18H22NO3P.ClH/c19-17(18(20)21)13-7-8-14-23(22,15-9-3-1-4-10-15)16-11-5-2-6-12-16;/h1-6,9-12,17H,7-8,13-14,19H2,(H,20,21);1H. The van der Waals surface area contributed by atoms with Crippen molar-refractivity contribution in [3.05, 3.63) is 60.7 Å². The van der Waals surface area contributed by atoms with Gasteiger partial charge in [-0.15, -0.1) is 0 Å². The number of carboxylic acids is 1. The van der Waals surface area contributed by atoms with Crippen molar-refractivity contribution in [2.75, 3.05) is 6.16 Å². The molecular formula is C18H23ClNO3P. The largest absolute Gasteiger partial charge is 1.00 e. The molecule has 4 nitrogen and oxygen atoms in total. The van der Waals surface area contributed by atoms with E-state index in [4.69, 9.17) is 5.11 Å². The molecule has 0 heterocycles. The highest BCUT2D eigenvalue weighted by Crippen LogP contribution is 2.44. The second kappa shape index (κ2) is 9.63. The molecule has 2 aromatic rings. The lowest BCUT2D eigenvalue weighted by Gasteiger charge is -2.19. The molecule has 6 heteroatoms. The summed E-state index contributed by atoms with van der Waals surface area (Å²) in [6.45, 7) is 0. The van der Waals surface area contributed by atoms with Crippen LogP contribution in [-0.4, -0.2) is 23.3 Å². The molecule has 0 bridgehead atoms. The van der Waals surface area contributed by atoms with Gasteiger partial charge in [-0.1, -0.05) is 60.7 Å². The van der Waals surface area contributed by atoms with E-state index in [0.29, 0.717) is 19.0 Å². The topological polar surface area (TPSA) is 82.0 Å². The third kappa shape index (κ3) is 5.20. The Bertz CT molecular complexity index is 636. The normalized spacial score (nSPS) is 12.2. The molecule has 24 heavy (non-hydrogen) atoms. The molecule has 0 aliphatic heterocycles. The molecule has 2 aromatic carbocycles. The van der Waals surface area contributed by atoms with Gasteiger partial charge in [0.15, 0.2) is 6.04 Å². The molecule has 2 rings (SSSR count). The number of quaternary nitrogens is 1. The Kier molecular flexibility index (Phi) is 8.20. The summed E-state index contributed by atoms with van der Waals surface area (Å²) in [6, 6.07) is 18.5. The minimum atomic E-state index is -2.68. The Hall–Kier alpha value is -1.61. The van der Waals surface area contributed by atoms with E-state index in [-0.39, 0.29) is 12.4 Å². The van der Waals surface area contributed by atoms with Crippen molar-refractivity contribution in [1.82, 2.24) is 0 Å². The van der Waals surface area contributed by atoms with Gasteiger partial charge >= 0.3 is 5.97 Å². The van der Waals surface area contributed by atoms with Gasteiger partial charge in [0.1, 0.15) is 7.14 Å². The first kappa shape index (κ1) is 20.4. The van der Waals surface area contributed by atoms with Crippen molar-refractivity contribution in [2.24, 2.45) is 0 Å². The maximum atomic E-state index is 13.7. The van der Waals surface area contributed by atoms with Gasteiger partial charge in [0.05, 0.1) is 0 Å². The van der Waals surface area contributed by atoms with Crippen LogP contribution in [0, 0.1) is 0 Å². The van der Waals surface area contributed by atoms with Crippen molar-refractivity contribution < 1.29 is 32.6 Å². The fourth-order valence-corrected chi connectivity index (χ4v) is 5.38. The van der Waals surface area contributed by atoms with Crippen molar-refractivity contribution in [2.45, 2.75) is 25.3 Å². The Labute approximate surface area is 148 Å². The first-order valence-corrected chi connectivity index (χ1v) is 9.69. The third-order valence-electron chi connectivity index (χ3n) is 3.97. The number of carboxylic acid groups (broad SMARTS) is 1. The molecule has 0 radical (unpaired) electrons. The molecule has 0 fully saturated rings. The molecule has 0 aromatic heterocycles. The lowest BCUT2D eigenvalue weighted by molar-refractivity contribution is -0.409. The van der Waals surface area contributed by atoms with Crippen LogP contribution in [0.4, 0.5) is 0 Å². The molecule has 1 atom stereocenters. The van der Waals surface area contributed by atoms with Crippen molar-refractivity contribution in [1.29, 1.82) is 0 Å². The van der Waals surface area contributed by atoms with Gasteiger partial charge in [-0.3, -0.25) is 0 Å². The minimum absolute atomic E-state index is 0. The van der Waals surface area contributed by atoms with Crippen molar-refractivity contribution in [3.63, 3.8) is 0 Å². The van der Waals surface area contributed by atoms with Crippen LogP contribution in [0.3, 0.4) is 0 Å². The third-order valence-corrected chi connectivity index (χ3v) is 7.18. The zero-order valence-corrected chi connectivity index (χ0v) is 15.1. The number of benzene rings is 2. The highest BCUT2D eigenvalue weighted by Gasteiger charge is 2.26. The summed E-state index contributed by atoms with van der Waals surface area (Å²) >= 11 is 0. The van der Waals surface area contributed by atoms with E-state index in [0.717, 1.165) is 17.0 Å². The van der Waals surface area contributed by atoms with Gasteiger partial charge < -0.3 is 27.8 Å². The van der Waals surface area contributed by atoms with Gasteiger partial charge in [-0.25, -0.2) is 4.79 Å². The zero-order valence-electron chi connectivity index (χ0n) is 13.5. The van der Waals surface area contributed by atoms with Crippen LogP contribution >= 0.6 is 7.14 Å². The quantitative estimate of drug-likeness (QED) is 0.457. The number of carbonyl (C=O) groups is 1. The lowest BCUT2D eigenvalue weighted by Crippen LogP contribution is -3.00. The van der Waals surface area contributed by atoms with Crippen LogP contribution in [0.2, 0.25) is 0 Å². The van der Waals surface area contributed by atoms with E-state index in [1.165, 1.54) is 0 Å². The molecule has 0 saturated carbocycles. The minimum Gasteiger partial charge on any atom is -1.00 e. The fraction of sp³-hybridized carbons (Fsp3) is 0.278. The smallest absolute Gasteiger partial charge is 0.362 e. The number of halogens is 1. The van der Waals surface area contributed by atoms with Crippen molar-refractivity contribution >= 4 is 23.7 Å². The van der Waals surface area contributed by atoms with Gasteiger partial charge in [0.2, 0.25) is 0 Å². The van der Waals surface area contributed by atoms with Gasteiger partial charge in [0.25, 0.3) is 0 Å². The monoisotopic (exact) mass is 367 g/mol. The van der Waals surface area contributed by atoms with Crippen molar-refractivity contribution in [3.8, 4) is 0 Å². The average molecular weight is 368 g/mol. The van der Waals surface area contributed by atoms with Crippen LogP contribution in [0.25, 0.3) is 0 Å². The summed E-state index contributed by atoms with van der Waals surface area (Å²) in [5.41, 5.74) is 3.62. The second-order valence-electron chi connectivity index (χ2n) is 5.67. The summed E-state index contributed by atoms with van der Waals surface area (Å²) in [7, 11) is -2.68. The SMILES string of the molecule is [Cl-].[NH3+]C(CCCCP(=O)(c1ccccc1)c1ccccc1)C(=O)O. The molecule has 130 valence electrons. The van der Waals surface area contributed by atoms with Crippen LogP contribution in [0.15, 0.2) is 60.7 Å². The lowest BCUT2D eigenvalue weighted by atomic mass is 10.1. The van der Waals surface area contributed by atoms with Crippen LogP contribution in [-0.2, 0) is 9.36 Å². The summed E-state index contributed by atoms with van der Waals surface area (Å²) < 4.78 is 13.7. The molecule has 0 saturated heterocycles. The highest BCUT2D eigenvalue weighted by atomic mass is 35.5. The van der Waals surface area contributed by atoms with E-state index in [2.05, 4.69) is 5.73 Å². The molecule has 0 aliphatic carbocycles. The number of aliphatic carboxylic acids is 1. The number of hydrogen-bond acceptors (Lipinski definition) is 2. The highest BCUT2D eigenvalue weighted by molar-refractivity contribution is 7.78. The van der Waals surface area contributed by atoms with Gasteiger partial charge in [-0.2, -0.15) is 0 Å². The van der Waals surface area contributed by atoms with E-state index in [9.17, 15) is 9.36 Å². The number of hydrogen-bond donors (Lipinski definition) is 2. The van der Waals surface area contributed by atoms with Crippen LogP contribution in [0.1, 0.15) is 19.3 Å². The van der Waals surface area contributed by atoms with Crippen LogP contribution < -0.4 is 28.7 Å². The maximum absolute atomic E-state index is 13.7. The van der Waals surface area contributed by atoms with Gasteiger partial charge in [-0.05, 0) is 12.8 Å². The summed E-state index contributed by atoms with van der Waals surface area (Å²) in [4.78, 5) is 10.8. The number of rotatable bonds is 8. The first-order valence-electron chi connectivity index (χ1n) is 7.80. The summed E-state index contributed by atoms with van der Waals surface area (Å²) in [5, 5.41) is 10.6.